The number of hydrogen-bond donors (Lipinski definition) is 2. The highest BCUT2D eigenvalue weighted by Crippen LogP contribution is 2.17. The molecule has 0 aliphatic heterocycles. The summed E-state index contributed by atoms with van der Waals surface area (Å²) in [6.07, 6.45) is 7.20. The van der Waals surface area contributed by atoms with Gasteiger partial charge in [-0.2, -0.15) is 0 Å². The normalized spacial score (nSPS) is 15.6. The number of anilines is 1. The van der Waals surface area contributed by atoms with E-state index in [-0.39, 0.29) is 5.91 Å². The maximum absolute atomic E-state index is 12.0. The quantitative estimate of drug-likeness (QED) is 0.836. The first kappa shape index (κ1) is 12.8. The van der Waals surface area contributed by atoms with Crippen molar-refractivity contribution in [3.8, 4) is 0 Å². The molecule has 0 aromatic carbocycles. The fourth-order valence-corrected chi connectivity index (χ4v) is 2.14. The van der Waals surface area contributed by atoms with Gasteiger partial charge in [-0.1, -0.05) is 19.8 Å². The molecule has 1 heterocycles. The van der Waals surface area contributed by atoms with Gasteiger partial charge in [-0.15, -0.1) is 0 Å². The Morgan fingerprint density at radius 1 is 1.44 bits per heavy atom. The van der Waals surface area contributed by atoms with Crippen molar-refractivity contribution in [1.29, 1.82) is 0 Å². The van der Waals surface area contributed by atoms with Gasteiger partial charge in [-0.05, 0) is 25.3 Å². The van der Waals surface area contributed by atoms with Crippen molar-refractivity contribution in [2.24, 2.45) is 0 Å². The van der Waals surface area contributed by atoms with E-state index in [1.165, 1.54) is 12.8 Å². The second-order valence-electron chi connectivity index (χ2n) is 4.65. The number of rotatable bonds is 5. The number of carbonyl (C=O) groups is 1. The summed E-state index contributed by atoms with van der Waals surface area (Å²) in [6.45, 7) is 2.89. The minimum Gasteiger partial charge on any atom is -0.354 e. The van der Waals surface area contributed by atoms with E-state index in [1.54, 1.807) is 12.3 Å². The molecule has 18 heavy (non-hydrogen) atoms. The zero-order valence-corrected chi connectivity index (χ0v) is 10.8. The number of amides is 1. The fourth-order valence-electron chi connectivity index (χ4n) is 2.14. The number of carbonyl (C=O) groups excluding carboxylic acids is 1. The van der Waals surface area contributed by atoms with Crippen LogP contribution in [0.25, 0.3) is 0 Å². The predicted molar refractivity (Wildman–Crippen MR) is 70.5 cm³/mol. The molecule has 1 aromatic rings. The average molecular weight is 248 g/mol. The Bertz CT molecular complexity index is 402. The van der Waals surface area contributed by atoms with E-state index in [9.17, 15) is 4.79 Å². The molecule has 1 saturated carbocycles. The monoisotopic (exact) mass is 248 g/mol. The van der Waals surface area contributed by atoms with Crippen LogP contribution in [0.3, 0.4) is 0 Å². The van der Waals surface area contributed by atoms with Gasteiger partial charge in [-0.25, -0.2) is 9.97 Å². The standard InChI is InChI=1S/C13H20N4O/c1-2-8-14-13-15-9-7-11(17-13)12(18)16-10-5-3-4-6-10/h7,9-10H,2-6,8H2,1H3,(H,16,18)(H,14,15,17). The van der Waals surface area contributed by atoms with Gasteiger partial charge in [0.05, 0.1) is 0 Å². The SMILES string of the molecule is CCCNc1nccc(C(=O)NC2CCCC2)n1. The Morgan fingerprint density at radius 3 is 2.94 bits per heavy atom. The zero-order valence-electron chi connectivity index (χ0n) is 10.8. The Hall–Kier alpha value is -1.65. The molecule has 0 radical (unpaired) electrons. The van der Waals surface area contributed by atoms with Crippen LogP contribution >= 0.6 is 0 Å². The molecule has 0 bridgehead atoms. The third-order valence-corrected chi connectivity index (χ3v) is 3.11. The first-order valence-corrected chi connectivity index (χ1v) is 6.67. The zero-order chi connectivity index (χ0) is 12.8. The predicted octanol–water partition coefficient (Wildman–Crippen LogP) is 1.97. The van der Waals surface area contributed by atoms with Crippen LogP contribution < -0.4 is 10.6 Å². The van der Waals surface area contributed by atoms with Crippen LogP contribution in [0.5, 0.6) is 0 Å². The van der Waals surface area contributed by atoms with Crippen molar-refractivity contribution in [1.82, 2.24) is 15.3 Å². The van der Waals surface area contributed by atoms with Crippen molar-refractivity contribution in [3.05, 3.63) is 18.0 Å². The van der Waals surface area contributed by atoms with Crippen LogP contribution in [0.15, 0.2) is 12.3 Å². The molecular formula is C13H20N4O. The van der Waals surface area contributed by atoms with Crippen LogP contribution in [0.2, 0.25) is 0 Å². The molecule has 98 valence electrons. The van der Waals surface area contributed by atoms with Crippen molar-refractivity contribution in [3.63, 3.8) is 0 Å². The van der Waals surface area contributed by atoms with Crippen LogP contribution in [0.1, 0.15) is 49.5 Å². The smallest absolute Gasteiger partial charge is 0.270 e. The summed E-state index contributed by atoms with van der Waals surface area (Å²) in [7, 11) is 0. The van der Waals surface area contributed by atoms with Crippen molar-refractivity contribution < 1.29 is 4.79 Å². The molecule has 0 spiro atoms. The molecule has 1 aromatic heterocycles. The average Bonchev–Trinajstić information content (AvgIpc) is 2.89. The Kier molecular flexibility index (Phi) is 4.50. The molecule has 5 heteroatoms. The van der Waals surface area contributed by atoms with E-state index in [0.717, 1.165) is 25.8 Å². The number of nitrogens with one attached hydrogen (secondary N) is 2. The molecule has 1 fully saturated rings. The molecule has 1 aliphatic carbocycles. The summed E-state index contributed by atoms with van der Waals surface area (Å²) in [5.74, 6) is 0.430. The summed E-state index contributed by atoms with van der Waals surface area (Å²) >= 11 is 0. The first-order valence-electron chi connectivity index (χ1n) is 6.67. The van der Waals surface area contributed by atoms with Crippen molar-refractivity contribution in [2.75, 3.05) is 11.9 Å². The molecule has 0 unspecified atom stereocenters. The first-order chi connectivity index (χ1) is 8.79. The van der Waals surface area contributed by atoms with Gasteiger partial charge < -0.3 is 10.6 Å². The summed E-state index contributed by atoms with van der Waals surface area (Å²) < 4.78 is 0. The Labute approximate surface area is 107 Å². The van der Waals surface area contributed by atoms with Gasteiger partial charge in [-0.3, -0.25) is 4.79 Å². The maximum Gasteiger partial charge on any atom is 0.270 e. The Morgan fingerprint density at radius 2 is 2.22 bits per heavy atom. The van der Waals surface area contributed by atoms with E-state index < -0.39 is 0 Å². The minimum atomic E-state index is -0.0937. The van der Waals surface area contributed by atoms with Gasteiger partial charge in [0.25, 0.3) is 5.91 Å². The second-order valence-corrected chi connectivity index (χ2v) is 4.65. The molecule has 0 saturated heterocycles. The number of hydrogen-bond acceptors (Lipinski definition) is 4. The van der Waals surface area contributed by atoms with Crippen molar-refractivity contribution in [2.45, 2.75) is 45.1 Å². The lowest BCUT2D eigenvalue weighted by atomic mass is 10.2. The third kappa shape index (κ3) is 3.42. The third-order valence-electron chi connectivity index (χ3n) is 3.11. The summed E-state index contributed by atoms with van der Waals surface area (Å²) in [6, 6.07) is 1.97. The van der Waals surface area contributed by atoms with E-state index in [2.05, 4.69) is 27.5 Å². The van der Waals surface area contributed by atoms with Gasteiger partial charge in [0.1, 0.15) is 5.69 Å². The fraction of sp³-hybridized carbons (Fsp3) is 0.615. The summed E-state index contributed by atoms with van der Waals surface area (Å²) in [5.41, 5.74) is 0.440. The molecular weight excluding hydrogens is 228 g/mol. The van der Waals surface area contributed by atoms with Crippen LogP contribution in [0.4, 0.5) is 5.95 Å². The van der Waals surface area contributed by atoms with Gasteiger partial charge >= 0.3 is 0 Å². The maximum atomic E-state index is 12.0. The lowest BCUT2D eigenvalue weighted by molar-refractivity contribution is 0.0933. The largest absolute Gasteiger partial charge is 0.354 e. The summed E-state index contributed by atoms with van der Waals surface area (Å²) in [4.78, 5) is 20.3. The lowest BCUT2D eigenvalue weighted by Crippen LogP contribution is -2.33. The van der Waals surface area contributed by atoms with Gasteiger partial charge in [0.15, 0.2) is 0 Å². The minimum absolute atomic E-state index is 0.0937. The second kappa shape index (κ2) is 6.33. The lowest BCUT2D eigenvalue weighted by Gasteiger charge is -2.11. The molecule has 2 rings (SSSR count). The van der Waals surface area contributed by atoms with E-state index in [0.29, 0.717) is 17.7 Å². The molecule has 5 nitrogen and oxygen atoms in total. The topological polar surface area (TPSA) is 66.9 Å². The Balaban J connectivity index is 1.96. The molecule has 2 N–H and O–H groups in total. The highest BCUT2D eigenvalue weighted by molar-refractivity contribution is 5.92. The van der Waals surface area contributed by atoms with E-state index >= 15 is 0 Å². The molecule has 0 atom stereocenters. The highest BCUT2D eigenvalue weighted by Gasteiger charge is 2.18. The van der Waals surface area contributed by atoms with E-state index in [1.807, 2.05) is 0 Å². The van der Waals surface area contributed by atoms with Crippen molar-refractivity contribution >= 4 is 11.9 Å². The van der Waals surface area contributed by atoms with E-state index in [4.69, 9.17) is 0 Å². The highest BCUT2D eigenvalue weighted by atomic mass is 16.1. The van der Waals surface area contributed by atoms with Crippen LogP contribution in [-0.4, -0.2) is 28.5 Å². The summed E-state index contributed by atoms with van der Waals surface area (Å²) in [5, 5.41) is 6.10. The van der Waals surface area contributed by atoms with Gasteiger partial charge in [0.2, 0.25) is 5.95 Å². The van der Waals surface area contributed by atoms with Crippen LogP contribution in [-0.2, 0) is 0 Å². The van der Waals surface area contributed by atoms with Gasteiger partial charge in [0, 0.05) is 18.8 Å². The number of nitrogens with zero attached hydrogens (tertiary/aromatic N) is 2. The van der Waals surface area contributed by atoms with Crippen LogP contribution in [0, 0.1) is 0 Å². The molecule has 1 amide bonds. The molecule has 1 aliphatic rings. The number of aromatic nitrogens is 2.